The topological polar surface area (TPSA) is 107 Å². The first kappa shape index (κ1) is 21.0. The number of carbonyl (C=O) groups excluding carboxylic acids is 1. The Morgan fingerprint density at radius 2 is 1.83 bits per heavy atom. The lowest BCUT2D eigenvalue weighted by molar-refractivity contribution is -0.111. The summed E-state index contributed by atoms with van der Waals surface area (Å²) in [5, 5.41) is 23.9. The first-order valence-corrected chi connectivity index (χ1v) is 9.89. The van der Waals surface area contributed by atoms with E-state index in [0.717, 1.165) is 11.3 Å². The number of carboxylic acid groups (broad SMARTS) is 1. The van der Waals surface area contributed by atoms with E-state index < -0.39 is 5.97 Å². The number of rotatable bonds is 8. The summed E-state index contributed by atoms with van der Waals surface area (Å²) in [5.74, 6) is -1.31. The Morgan fingerprint density at radius 3 is 2.53 bits per heavy atom. The maximum atomic E-state index is 12.1. The van der Waals surface area contributed by atoms with Gasteiger partial charge in [0, 0.05) is 31.5 Å². The molecule has 0 spiro atoms. The molecular formula is C21H21N5O3S. The van der Waals surface area contributed by atoms with Crippen molar-refractivity contribution in [1.82, 2.24) is 10.2 Å². The maximum absolute atomic E-state index is 12.1. The van der Waals surface area contributed by atoms with Gasteiger partial charge >= 0.3 is 5.97 Å². The van der Waals surface area contributed by atoms with E-state index in [0.29, 0.717) is 22.4 Å². The highest BCUT2D eigenvalue weighted by Crippen LogP contribution is 2.20. The van der Waals surface area contributed by atoms with Crippen LogP contribution in [0.2, 0.25) is 0 Å². The molecule has 0 atom stereocenters. The van der Waals surface area contributed by atoms with Gasteiger partial charge in [-0.25, -0.2) is 4.79 Å². The van der Waals surface area contributed by atoms with Gasteiger partial charge in [-0.3, -0.25) is 10.1 Å². The molecule has 0 aliphatic carbocycles. The van der Waals surface area contributed by atoms with Crippen LogP contribution in [-0.2, 0) is 11.3 Å². The Morgan fingerprint density at radius 1 is 1.10 bits per heavy atom. The first-order chi connectivity index (χ1) is 14.4. The van der Waals surface area contributed by atoms with Crippen LogP contribution in [0.25, 0.3) is 6.08 Å². The third kappa shape index (κ3) is 5.65. The van der Waals surface area contributed by atoms with Gasteiger partial charge in [0.05, 0.1) is 12.1 Å². The van der Waals surface area contributed by atoms with Crippen LogP contribution in [0, 0.1) is 0 Å². The second-order valence-electron chi connectivity index (χ2n) is 6.51. The highest BCUT2D eigenvalue weighted by Gasteiger charge is 2.10. The van der Waals surface area contributed by atoms with Crippen LogP contribution in [0.1, 0.15) is 20.9 Å². The number of carbonyl (C=O) groups is 2. The van der Waals surface area contributed by atoms with E-state index in [1.807, 2.05) is 43.3 Å². The SMILES string of the molecule is CN(C)c1ccc(/C=C/C(=O)Nc2nnc(CNc3ccccc3C(=O)O)s2)cc1. The van der Waals surface area contributed by atoms with Gasteiger partial charge in [-0.15, -0.1) is 10.2 Å². The van der Waals surface area contributed by atoms with Crippen molar-refractivity contribution in [3.05, 3.63) is 70.7 Å². The van der Waals surface area contributed by atoms with E-state index in [1.165, 1.54) is 23.5 Å². The van der Waals surface area contributed by atoms with E-state index in [4.69, 9.17) is 0 Å². The van der Waals surface area contributed by atoms with Gasteiger partial charge in [0.1, 0.15) is 5.01 Å². The van der Waals surface area contributed by atoms with Crippen LogP contribution >= 0.6 is 11.3 Å². The van der Waals surface area contributed by atoms with E-state index in [1.54, 1.807) is 24.3 Å². The first-order valence-electron chi connectivity index (χ1n) is 9.07. The summed E-state index contributed by atoms with van der Waals surface area (Å²) in [7, 11) is 3.93. The molecule has 0 saturated heterocycles. The molecule has 9 heteroatoms. The number of carboxylic acids is 1. The second-order valence-corrected chi connectivity index (χ2v) is 7.58. The number of anilines is 3. The molecule has 0 fully saturated rings. The Kier molecular flexibility index (Phi) is 6.76. The van der Waals surface area contributed by atoms with Crippen molar-refractivity contribution in [3.8, 4) is 0 Å². The lowest BCUT2D eigenvalue weighted by atomic mass is 10.2. The molecular weight excluding hydrogens is 402 g/mol. The maximum Gasteiger partial charge on any atom is 0.337 e. The number of benzene rings is 2. The van der Waals surface area contributed by atoms with E-state index in [-0.39, 0.29) is 11.5 Å². The monoisotopic (exact) mass is 423 g/mol. The molecule has 0 aliphatic rings. The molecule has 0 bridgehead atoms. The van der Waals surface area contributed by atoms with Crippen LogP contribution in [0.15, 0.2) is 54.6 Å². The quantitative estimate of drug-likeness (QED) is 0.476. The zero-order chi connectivity index (χ0) is 21.5. The number of amides is 1. The van der Waals surface area contributed by atoms with Crippen LogP contribution in [0.5, 0.6) is 0 Å². The summed E-state index contributed by atoms with van der Waals surface area (Å²) in [4.78, 5) is 25.4. The molecule has 3 N–H and O–H groups in total. The molecule has 3 rings (SSSR count). The van der Waals surface area contributed by atoms with Gasteiger partial charge in [-0.1, -0.05) is 35.6 Å². The molecule has 8 nitrogen and oxygen atoms in total. The Bertz CT molecular complexity index is 1060. The van der Waals surface area contributed by atoms with Gasteiger partial charge in [0.2, 0.25) is 11.0 Å². The number of aromatic nitrogens is 2. The highest BCUT2D eigenvalue weighted by molar-refractivity contribution is 7.15. The van der Waals surface area contributed by atoms with Gasteiger partial charge < -0.3 is 15.3 Å². The molecule has 0 aliphatic heterocycles. The lowest BCUT2D eigenvalue weighted by Gasteiger charge is -2.11. The van der Waals surface area contributed by atoms with Gasteiger partial charge in [-0.2, -0.15) is 0 Å². The third-order valence-electron chi connectivity index (χ3n) is 4.12. The molecule has 1 amide bonds. The predicted molar refractivity (Wildman–Crippen MR) is 119 cm³/mol. The fraction of sp³-hybridized carbons (Fsp3) is 0.143. The summed E-state index contributed by atoms with van der Waals surface area (Å²) >= 11 is 1.22. The molecule has 0 radical (unpaired) electrons. The Hall–Kier alpha value is -3.72. The van der Waals surface area contributed by atoms with Crippen molar-refractivity contribution in [2.75, 3.05) is 29.6 Å². The number of nitrogens with zero attached hydrogens (tertiary/aromatic N) is 3. The number of hydrogen-bond donors (Lipinski definition) is 3. The van der Waals surface area contributed by atoms with Gasteiger partial charge in [0.15, 0.2) is 0 Å². The minimum Gasteiger partial charge on any atom is -0.478 e. The fourth-order valence-corrected chi connectivity index (χ4v) is 3.26. The molecule has 3 aromatic rings. The zero-order valence-corrected chi connectivity index (χ0v) is 17.3. The lowest BCUT2D eigenvalue weighted by Crippen LogP contribution is -2.08. The van der Waals surface area contributed by atoms with Crippen LogP contribution in [-0.4, -0.2) is 41.3 Å². The van der Waals surface area contributed by atoms with E-state index >= 15 is 0 Å². The summed E-state index contributed by atoms with van der Waals surface area (Å²) in [6.07, 6.45) is 3.16. The molecule has 2 aromatic carbocycles. The van der Waals surface area contributed by atoms with Crippen molar-refractivity contribution in [2.24, 2.45) is 0 Å². The number of hydrogen-bond acceptors (Lipinski definition) is 7. The normalized spacial score (nSPS) is 10.7. The van der Waals surface area contributed by atoms with Crippen molar-refractivity contribution in [1.29, 1.82) is 0 Å². The van der Waals surface area contributed by atoms with Crippen molar-refractivity contribution in [3.63, 3.8) is 0 Å². The summed E-state index contributed by atoms with van der Waals surface area (Å²) < 4.78 is 0. The minimum absolute atomic E-state index is 0.180. The largest absolute Gasteiger partial charge is 0.478 e. The van der Waals surface area contributed by atoms with Gasteiger partial charge in [0.25, 0.3) is 0 Å². The fourth-order valence-electron chi connectivity index (χ4n) is 2.57. The van der Waals surface area contributed by atoms with E-state index in [9.17, 15) is 14.7 Å². The molecule has 0 saturated carbocycles. The van der Waals surface area contributed by atoms with Crippen molar-refractivity contribution < 1.29 is 14.7 Å². The average molecular weight is 423 g/mol. The smallest absolute Gasteiger partial charge is 0.337 e. The standard InChI is InChI=1S/C21H21N5O3S/c1-26(2)15-10-7-14(8-11-15)9-12-18(27)23-21-25-24-19(30-21)13-22-17-6-4-3-5-16(17)20(28)29/h3-12,22H,13H2,1-2H3,(H,28,29)(H,23,25,27)/b12-9+. The Labute approximate surface area is 177 Å². The molecule has 30 heavy (non-hydrogen) atoms. The van der Waals surface area contributed by atoms with Gasteiger partial charge in [-0.05, 0) is 35.9 Å². The number of nitrogens with one attached hydrogen (secondary N) is 2. The van der Waals surface area contributed by atoms with Crippen molar-refractivity contribution in [2.45, 2.75) is 6.54 Å². The predicted octanol–water partition coefficient (Wildman–Crippen LogP) is 3.57. The number of aromatic carboxylic acids is 1. The molecule has 0 unspecified atom stereocenters. The van der Waals surface area contributed by atoms with Crippen LogP contribution < -0.4 is 15.5 Å². The number of para-hydroxylation sites is 1. The minimum atomic E-state index is -1.01. The van der Waals surface area contributed by atoms with Crippen molar-refractivity contribution >= 4 is 45.8 Å². The molecule has 1 aromatic heterocycles. The van der Waals surface area contributed by atoms with Crippen LogP contribution in [0.4, 0.5) is 16.5 Å². The summed E-state index contributed by atoms with van der Waals surface area (Å²) in [6.45, 7) is 0.298. The highest BCUT2D eigenvalue weighted by atomic mass is 32.1. The van der Waals surface area contributed by atoms with Crippen LogP contribution in [0.3, 0.4) is 0 Å². The second kappa shape index (κ2) is 9.66. The molecule has 1 heterocycles. The van der Waals surface area contributed by atoms with E-state index in [2.05, 4.69) is 20.8 Å². The Balaban J connectivity index is 1.55. The molecule has 154 valence electrons. The third-order valence-corrected chi connectivity index (χ3v) is 4.96. The zero-order valence-electron chi connectivity index (χ0n) is 16.5. The summed E-state index contributed by atoms with van der Waals surface area (Å²) in [5.41, 5.74) is 2.67. The average Bonchev–Trinajstić information content (AvgIpc) is 3.18. The summed E-state index contributed by atoms with van der Waals surface area (Å²) in [6, 6.07) is 14.4.